The number of hydrogen-bond acceptors (Lipinski definition) is 2. The highest BCUT2D eigenvalue weighted by Crippen LogP contribution is 2.49. The first-order valence-corrected chi connectivity index (χ1v) is 6.77. The van der Waals surface area contributed by atoms with Crippen LogP contribution in [0.3, 0.4) is 0 Å². The molecule has 0 unspecified atom stereocenters. The smallest absolute Gasteiger partial charge is 0.144 e. The topological polar surface area (TPSA) is 17.1 Å². The SMILES string of the molecule is CSCCC(=O)C1(c2ccccc2)CC1. The highest BCUT2D eigenvalue weighted by molar-refractivity contribution is 7.98. The van der Waals surface area contributed by atoms with Crippen LogP contribution in [0.4, 0.5) is 0 Å². The summed E-state index contributed by atoms with van der Waals surface area (Å²) in [5.74, 6) is 1.39. The van der Waals surface area contributed by atoms with Crippen molar-refractivity contribution in [2.24, 2.45) is 0 Å². The molecule has 0 spiro atoms. The molecular formula is C13H16OS. The van der Waals surface area contributed by atoms with E-state index < -0.39 is 0 Å². The molecule has 80 valence electrons. The Bertz CT molecular complexity index is 341. The van der Waals surface area contributed by atoms with Crippen LogP contribution in [0.1, 0.15) is 24.8 Å². The molecule has 0 heterocycles. The van der Waals surface area contributed by atoms with Crippen LogP contribution in [0.25, 0.3) is 0 Å². The third kappa shape index (κ3) is 2.10. The van der Waals surface area contributed by atoms with Crippen LogP contribution in [0.15, 0.2) is 30.3 Å². The lowest BCUT2D eigenvalue weighted by Gasteiger charge is -2.13. The van der Waals surface area contributed by atoms with E-state index in [1.54, 1.807) is 11.8 Å². The number of ketones is 1. The minimum atomic E-state index is -0.100. The maximum absolute atomic E-state index is 12.1. The molecule has 1 nitrogen and oxygen atoms in total. The first kappa shape index (κ1) is 10.7. The number of hydrogen-bond donors (Lipinski definition) is 0. The van der Waals surface area contributed by atoms with E-state index in [4.69, 9.17) is 0 Å². The van der Waals surface area contributed by atoms with E-state index in [1.807, 2.05) is 18.2 Å². The maximum Gasteiger partial charge on any atom is 0.144 e. The molecule has 0 amide bonds. The summed E-state index contributed by atoms with van der Waals surface area (Å²) < 4.78 is 0. The van der Waals surface area contributed by atoms with Gasteiger partial charge in [0.1, 0.15) is 5.78 Å². The molecule has 15 heavy (non-hydrogen) atoms. The van der Waals surface area contributed by atoms with Gasteiger partial charge in [0.15, 0.2) is 0 Å². The zero-order chi connectivity index (χ0) is 10.7. The lowest BCUT2D eigenvalue weighted by molar-refractivity contribution is -0.121. The van der Waals surface area contributed by atoms with E-state index in [2.05, 4.69) is 18.4 Å². The van der Waals surface area contributed by atoms with Crippen LogP contribution in [0, 0.1) is 0 Å². The second-order valence-corrected chi connectivity index (χ2v) is 5.10. The van der Waals surface area contributed by atoms with Gasteiger partial charge in [0.25, 0.3) is 0 Å². The molecule has 1 aromatic carbocycles. The summed E-state index contributed by atoms with van der Waals surface area (Å²) in [6.07, 6.45) is 4.86. The Labute approximate surface area is 95.3 Å². The monoisotopic (exact) mass is 220 g/mol. The summed E-state index contributed by atoms with van der Waals surface area (Å²) in [4.78, 5) is 12.1. The maximum atomic E-state index is 12.1. The number of rotatable bonds is 5. The van der Waals surface area contributed by atoms with Gasteiger partial charge < -0.3 is 0 Å². The van der Waals surface area contributed by atoms with Gasteiger partial charge in [-0.25, -0.2) is 0 Å². The van der Waals surface area contributed by atoms with E-state index >= 15 is 0 Å². The highest BCUT2D eigenvalue weighted by atomic mass is 32.2. The molecule has 0 saturated heterocycles. The Morgan fingerprint density at radius 2 is 2.00 bits per heavy atom. The lowest BCUT2D eigenvalue weighted by Crippen LogP contribution is -2.20. The van der Waals surface area contributed by atoms with E-state index in [0.29, 0.717) is 5.78 Å². The standard InChI is InChI=1S/C13H16OS/c1-15-10-7-12(14)13(8-9-13)11-5-3-2-4-6-11/h2-6H,7-10H2,1H3. The quantitative estimate of drug-likeness (QED) is 0.758. The van der Waals surface area contributed by atoms with Gasteiger partial charge in [-0.05, 0) is 30.4 Å². The van der Waals surface area contributed by atoms with Gasteiger partial charge in [0.2, 0.25) is 0 Å². The van der Waals surface area contributed by atoms with E-state index in [0.717, 1.165) is 25.0 Å². The molecule has 0 radical (unpaired) electrons. The van der Waals surface area contributed by atoms with Crippen molar-refractivity contribution in [2.45, 2.75) is 24.7 Å². The van der Waals surface area contributed by atoms with Gasteiger partial charge in [-0.15, -0.1) is 0 Å². The van der Waals surface area contributed by atoms with Crippen molar-refractivity contribution in [3.63, 3.8) is 0 Å². The second kappa shape index (κ2) is 4.40. The van der Waals surface area contributed by atoms with Crippen molar-refractivity contribution < 1.29 is 4.79 Å². The number of thioether (sulfide) groups is 1. The van der Waals surface area contributed by atoms with Gasteiger partial charge in [-0.1, -0.05) is 30.3 Å². The largest absolute Gasteiger partial charge is 0.299 e. The Morgan fingerprint density at radius 1 is 1.33 bits per heavy atom. The molecule has 1 aliphatic rings. The van der Waals surface area contributed by atoms with Crippen LogP contribution in [-0.2, 0) is 10.2 Å². The summed E-state index contributed by atoms with van der Waals surface area (Å²) >= 11 is 1.75. The summed E-state index contributed by atoms with van der Waals surface area (Å²) in [6, 6.07) is 10.2. The zero-order valence-electron chi connectivity index (χ0n) is 9.03. The zero-order valence-corrected chi connectivity index (χ0v) is 9.85. The molecule has 1 aromatic rings. The molecule has 1 saturated carbocycles. The van der Waals surface area contributed by atoms with Crippen molar-refractivity contribution in [3.05, 3.63) is 35.9 Å². The molecule has 0 aromatic heterocycles. The molecule has 0 aliphatic heterocycles. The van der Waals surface area contributed by atoms with Gasteiger partial charge in [0, 0.05) is 6.42 Å². The third-order valence-electron chi connectivity index (χ3n) is 3.14. The van der Waals surface area contributed by atoms with Crippen LogP contribution < -0.4 is 0 Å². The first-order valence-electron chi connectivity index (χ1n) is 5.37. The molecule has 1 fully saturated rings. The fraction of sp³-hybridized carbons (Fsp3) is 0.462. The molecule has 0 N–H and O–H groups in total. The first-order chi connectivity index (χ1) is 7.29. The number of carbonyl (C=O) groups excluding carboxylic acids is 1. The van der Waals surface area contributed by atoms with Gasteiger partial charge in [0.05, 0.1) is 5.41 Å². The molecule has 1 aliphatic carbocycles. The van der Waals surface area contributed by atoms with E-state index in [1.165, 1.54) is 5.56 Å². The fourth-order valence-electron chi connectivity index (χ4n) is 2.04. The number of carbonyl (C=O) groups is 1. The highest BCUT2D eigenvalue weighted by Gasteiger charge is 2.49. The van der Waals surface area contributed by atoms with Crippen molar-refractivity contribution in [2.75, 3.05) is 12.0 Å². The minimum Gasteiger partial charge on any atom is -0.299 e. The summed E-state index contributed by atoms with van der Waals surface area (Å²) in [5, 5.41) is 0. The summed E-state index contributed by atoms with van der Waals surface area (Å²) in [5.41, 5.74) is 1.12. The molecule has 0 atom stereocenters. The normalized spacial score (nSPS) is 17.4. The van der Waals surface area contributed by atoms with Crippen LogP contribution >= 0.6 is 11.8 Å². The summed E-state index contributed by atoms with van der Waals surface area (Å²) in [6.45, 7) is 0. The van der Waals surface area contributed by atoms with Crippen LogP contribution in [0.5, 0.6) is 0 Å². The average Bonchev–Trinajstić information content (AvgIpc) is 3.08. The van der Waals surface area contributed by atoms with Crippen LogP contribution in [-0.4, -0.2) is 17.8 Å². The summed E-state index contributed by atoms with van der Waals surface area (Å²) in [7, 11) is 0. The van der Waals surface area contributed by atoms with Crippen LogP contribution in [0.2, 0.25) is 0 Å². The number of benzene rings is 1. The molecular weight excluding hydrogens is 204 g/mol. The van der Waals surface area contributed by atoms with E-state index in [-0.39, 0.29) is 5.41 Å². The van der Waals surface area contributed by atoms with Gasteiger partial charge in [-0.2, -0.15) is 11.8 Å². The lowest BCUT2D eigenvalue weighted by atomic mass is 9.90. The minimum absolute atomic E-state index is 0.100. The van der Waals surface area contributed by atoms with Crippen molar-refractivity contribution in [1.82, 2.24) is 0 Å². The number of Topliss-reactive ketones (excluding diaryl/α,β-unsaturated/α-hetero) is 1. The van der Waals surface area contributed by atoms with Crippen molar-refractivity contribution in [1.29, 1.82) is 0 Å². The average molecular weight is 220 g/mol. The Balaban J connectivity index is 2.11. The second-order valence-electron chi connectivity index (χ2n) is 4.11. The van der Waals surface area contributed by atoms with Gasteiger partial charge >= 0.3 is 0 Å². The molecule has 0 bridgehead atoms. The van der Waals surface area contributed by atoms with Crippen molar-refractivity contribution in [3.8, 4) is 0 Å². The Morgan fingerprint density at radius 3 is 2.53 bits per heavy atom. The van der Waals surface area contributed by atoms with Crippen molar-refractivity contribution >= 4 is 17.5 Å². The molecule has 2 rings (SSSR count). The Hall–Kier alpha value is -0.760. The Kier molecular flexibility index (Phi) is 3.15. The fourth-order valence-corrected chi connectivity index (χ4v) is 2.43. The predicted octanol–water partition coefficient (Wildman–Crippen LogP) is 3.04. The van der Waals surface area contributed by atoms with Gasteiger partial charge in [-0.3, -0.25) is 4.79 Å². The predicted molar refractivity (Wildman–Crippen MR) is 65.4 cm³/mol. The molecule has 2 heteroatoms. The third-order valence-corrected chi connectivity index (χ3v) is 3.76. The van der Waals surface area contributed by atoms with E-state index in [9.17, 15) is 4.79 Å².